The summed E-state index contributed by atoms with van der Waals surface area (Å²) in [6.45, 7) is 2.02. The number of carbonyl (C=O) groups is 1. The van der Waals surface area contributed by atoms with Crippen LogP contribution in [0.1, 0.15) is 30.1 Å². The molecule has 0 radical (unpaired) electrons. The van der Waals surface area contributed by atoms with Gasteiger partial charge in [-0.3, -0.25) is 0 Å². The van der Waals surface area contributed by atoms with Crippen molar-refractivity contribution in [1.82, 2.24) is 0 Å². The maximum Gasteiger partial charge on any atom is 0.337 e. The normalized spacial score (nSPS) is 16.4. The van der Waals surface area contributed by atoms with Crippen LogP contribution in [0.15, 0.2) is 12.1 Å². The molecule has 98 valence electrons. The smallest absolute Gasteiger partial charge is 0.337 e. The minimum Gasteiger partial charge on any atom is -0.478 e. The number of hydrogen-bond donors (Lipinski definition) is 2. The van der Waals surface area contributed by atoms with E-state index in [2.05, 4.69) is 0 Å². The van der Waals surface area contributed by atoms with Crippen LogP contribution >= 0.6 is 0 Å². The number of nitrogens with zero attached hydrogens (tertiary/aromatic N) is 1. The Morgan fingerprint density at radius 2 is 2.17 bits per heavy atom. The van der Waals surface area contributed by atoms with E-state index in [-0.39, 0.29) is 17.3 Å². The number of rotatable bonds is 4. The van der Waals surface area contributed by atoms with Gasteiger partial charge >= 0.3 is 5.97 Å². The van der Waals surface area contributed by atoms with Crippen molar-refractivity contribution >= 4 is 17.3 Å². The van der Waals surface area contributed by atoms with Crippen LogP contribution in [-0.2, 0) is 0 Å². The van der Waals surface area contributed by atoms with Crippen molar-refractivity contribution in [3.05, 3.63) is 23.5 Å². The fourth-order valence-corrected chi connectivity index (χ4v) is 2.15. The van der Waals surface area contributed by atoms with Crippen molar-refractivity contribution < 1.29 is 14.3 Å². The summed E-state index contributed by atoms with van der Waals surface area (Å²) >= 11 is 0. The minimum atomic E-state index is -1.14. The molecule has 3 N–H and O–H groups in total. The lowest BCUT2D eigenvalue weighted by Crippen LogP contribution is -2.31. The number of hydrogen-bond acceptors (Lipinski definition) is 3. The highest BCUT2D eigenvalue weighted by Crippen LogP contribution is 2.37. The van der Waals surface area contributed by atoms with Crippen molar-refractivity contribution in [2.75, 3.05) is 17.7 Å². The zero-order chi connectivity index (χ0) is 13.4. The Kier molecular flexibility index (Phi) is 3.15. The molecular formula is C13H17FN2O2. The first-order chi connectivity index (χ1) is 8.41. The van der Waals surface area contributed by atoms with E-state index in [0.717, 1.165) is 18.9 Å². The molecule has 1 saturated carbocycles. The molecule has 0 bridgehead atoms. The van der Waals surface area contributed by atoms with Gasteiger partial charge in [0.1, 0.15) is 5.82 Å². The predicted octanol–water partition coefficient (Wildman–Crippen LogP) is 2.34. The van der Waals surface area contributed by atoms with Crippen LogP contribution in [0.3, 0.4) is 0 Å². The molecule has 4 nitrogen and oxygen atoms in total. The average Bonchev–Trinajstić information content (AvgIpc) is 3.10. The highest BCUT2D eigenvalue weighted by molar-refractivity contribution is 5.95. The zero-order valence-electron chi connectivity index (χ0n) is 10.5. The van der Waals surface area contributed by atoms with E-state index >= 15 is 0 Å². The van der Waals surface area contributed by atoms with Gasteiger partial charge in [0.05, 0.1) is 11.3 Å². The van der Waals surface area contributed by atoms with Crippen molar-refractivity contribution in [2.45, 2.75) is 25.8 Å². The van der Waals surface area contributed by atoms with Crippen molar-refractivity contribution in [1.29, 1.82) is 0 Å². The van der Waals surface area contributed by atoms with Crippen LogP contribution in [0.25, 0.3) is 0 Å². The number of anilines is 2. The standard InChI is InChI=1S/C13H17FN2O2/c1-7(8-3-4-8)16(2)12-5-9(13(17)18)11(15)6-10(12)14/h5-8H,3-4,15H2,1-2H3,(H,17,18). The molecule has 1 unspecified atom stereocenters. The molecule has 1 aromatic carbocycles. The second-order valence-electron chi connectivity index (χ2n) is 4.88. The van der Waals surface area contributed by atoms with Gasteiger partial charge in [0.15, 0.2) is 0 Å². The maximum absolute atomic E-state index is 13.9. The molecule has 2 rings (SSSR count). The lowest BCUT2D eigenvalue weighted by atomic mass is 10.1. The van der Waals surface area contributed by atoms with Gasteiger partial charge in [-0.05, 0) is 37.8 Å². The van der Waals surface area contributed by atoms with Crippen molar-refractivity contribution in [3.63, 3.8) is 0 Å². The molecule has 0 aromatic heterocycles. The van der Waals surface area contributed by atoms with Gasteiger partial charge in [0.25, 0.3) is 0 Å². The molecule has 0 saturated heterocycles. The number of carboxylic acids is 1. The molecule has 5 heteroatoms. The molecule has 1 aliphatic carbocycles. The molecule has 1 aliphatic rings. The van der Waals surface area contributed by atoms with Gasteiger partial charge < -0.3 is 15.7 Å². The van der Waals surface area contributed by atoms with Crippen LogP contribution in [0, 0.1) is 11.7 Å². The van der Waals surface area contributed by atoms with Crippen molar-refractivity contribution in [3.8, 4) is 0 Å². The van der Waals surface area contributed by atoms with E-state index in [1.165, 1.54) is 6.07 Å². The number of carboxylic acid groups (broad SMARTS) is 1. The first-order valence-electron chi connectivity index (χ1n) is 5.97. The Bertz CT molecular complexity index is 486. The molecular weight excluding hydrogens is 235 g/mol. The summed E-state index contributed by atoms with van der Waals surface area (Å²) in [5.74, 6) is -1.05. The number of nitrogen functional groups attached to an aromatic ring is 1. The monoisotopic (exact) mass is 252 g/mol. The maximum atomic E-state index is 13.9. The molecule has 1 aromatic rings. The van der Waals surface area contributed by atoms with Gasteiger partial charge in [-0.25, -0.2) is 9.18 Å². The third-order valence-corrected chi connectivity index (χ3v) is 3.64. The van der Waals surface area contributed by atoms with Crippen LogP contribution in [0.4, 0.5) is 15.8 Å². The first kappa shape index (κ1) is 12.7. The molecule has 0 aliphatic heterocycles. The van der Waals surface area contributed by atoms with Crippen LogP contribution in [-0.4, -0.2) is 24.2 Å². The van der Waals surface area contributed by atoms with Gasteiger partial charge in [-0.2, -0.15) is 0 Å². The highest BCUT2D eigenvalue weighted by atomic mass is 19.1. The first-order valence-corrected chi connectivity index (χ1v) is 5.97. The van der Waals surface area contributed by atoms with Gasteiger partial charge in [-0.1, -0.05) is 0 Å². The molecule has 0 heterocycles. The summed E-state index contributed by atoms with van der Waals surface area (Å²) in [5.41, 5.74) is 5.69. The summed E-state index contributed by atoms with van der Waals surface area (Å²) in [7, 11) is 1.78. The number of aromatic carboxylic acids is 1. The lowest BCUT2D eigenvalue weighted by molar-refractivity contribution is 0.0698. The largest absolute Gasteiger partial charge is 0.478 e. The molecule has 18 heavy (non-hydrogen) atoms. The summed E-state index contributed by atoms with van der Waals surface area (Å²) in [5, 5.41) is 9.00. The van der Waals surface area contributed by atoms with Gasteiger partial charge in [0.2, 0.25) is 0 Å². The molecule has 0 spiro atoms. The Morgan fingerprint density at radius 3 is 2.67 bits per heavy atom. The topological polar surface area (TPSA) is 66.6 Å². The van der Waals surface area contributed by atoms with E-state index < -0.39 is 11.8 Å². The molecule has 1 fully saturated rings. The quantitative estimate of drug-likeness (QED) is 0.807. The van der Waals surface area contributed by atoms with E-state index in [9.17, 15) is 9.18 Å². The Balaban J connectivity index is 2.36. The minimum absolute atomic E-state index is 0.0452. The summed E-state index contributed by atoms with van der Waals surface area (Å²) in [6.07, 6.45) is 2.29. The summed E-state index contributed by atoms with van der Waals surface area (Å²) in [6, 6.07) is 2.59. The Morgan fingerprint density at radius 1 is 1.56 bits per heavy atom. The summed E-state index contributed by atoms with van der Waals surface area (Å²) < 4.78 is 13.9. The second kappa shape index (κ2) is 4.48. The van der Waals surface area contributed by atoms with Gasteiger partial charge in [-0.15, -0.1) is 0 Å². The van der Waals surface area contributed by atoms with E-state index in [4.69, 9.17) is 10.8 Å². The Hall–Kier alpha value is -1.78. The third-order valence-electron chi connectivity index (χ3n) is 3.64. The Labute approximate surface area is 105 Å². The molecule has 1 atom stereocenters. The molecule has 0 amide bonds. The van der Waals surface area contributed by atoms with E-state index in [0.29, 0.717) is 11.6 Å². The van der Waals surface area contributed by atoms with Crippen LogP contribution in [0.5, 0.6) is 0 Å². The second-order valence-corrected chi connectivity index (χ2v) is 4.88. The van der Waals surface area contributed by atoms with Crippen LogP contribution < -0.4 is 10.6 Å². The third kappa shape index (κ3) is 2.25. The number of benzene rings is 1. The highest BCUT2D eigenvalue weighted by Gasteiger charge is 2.31. The number of halogens is 1. The van der Waals surface area contributed by atoms with Crippen LogP contribution in [0.2, 0.25) is 0 Å². The average molecular weight is 252 g/mol. The van der Waals surface area contributed by atoms with Crippen molar-refractivity contribution in [2.24, 2.45) is 5.92 Å². The predicted molar refractivity (Wildman–Crippen MR) is 68.4 cm³/mol. The summed E-state index contributed by atoms with van der Waals surface area (Å²) in [4.78, 5) is 12.8. The number of nitrogens with two attached hydrogens (primary N) is 1. The van der Waals surface area contributed by atoms with E-state index in [1.807, 2.05) is 6.92 Å². The fraction of sp³-hybridized carbons (Fsp3) is 0.462. The fourth-order valence-electron chi connectivity index (χ4n) is 2.15. The lowest BCUT2D eigenvalue weighted by Gasteiger charge is -2.28. The van der Waals surface area contributed by atoms with E-state index in [1.54, 1.807) is 11.9 Å². The van der Waals surface area contributed by atoms with Gasteiger partial charge in [0, 0.05) is 18.8 Å². The zero-order valence-corrected chi connectivity index (χ0v) is 10.5. The SMILES string of the molecule is CC(C1CC1)N(C)c1cc(C(=O)O)c(N)cc1F.